The van der Waals surface area contributed by atoms with Crippen LogP contribution in [0.2, 0.25) is 0 Å². The van der Waals surface area contributed by atoms with Crippen molar-refractivity contribution in [3.8, 4) is 0 Å². The molecule has 2 aliphatic heterocycles. The Morgan fingerprint density at radius 3 is 1.72 bits per heavy atom. The highest BCUT2D eigenvalue weighted by Gasteiger charge is 2.43. The largest absolute Gasteiger partial charge is 0.468 e. The van der Waals surface area contributed by atoms with Crippen LogP contribution >= 0.6 is 0 Å². The monoisotopic (exact) mass is 418 g/mol. The molecule has 168 valence electrons. The van der Waals surface area contributed by atoms with Crippen molar-refractivity contribution < 1.29 is 38.1 Å². The third-order valence-electron chi connectivity index (χ3n) is 4.64. The quantitative estimate of drug-likeness (QED) is 0.506. The first kappa shape index (κ1) is 25.1. The van der Waals surface area contributed by atoms with Gasteiger partial charge in [0.25, 0.3) is 0 Å². The van der Waals surface area contributed by atoms with E-state index in [-0.39, 0.29) is 5.97 Å². The lowest BCUT2D eigenvalue weighted by atomic mass is 9.90. The molecule has 0 spiro atoms. The van der Waals surface area contributed by atoms with Crippen molar-refractivity contribution >= 4 is 18.0 Å². The second-order valence-corrected chi connectivity index (χ2v) is 8.07. The van der Waals surface area contributed by atoms with Gasteiger partial charge in [-0.1, -0.05) is 0 Å². The standard InChI is InChI=1S/C12H21NO5.C7H13NO3/c1-11(2,3)18-10(15)13-12(9(14)16-4)5-7-17-8-6-12;1-10-6(9)7(8)2-4-11-5-3-7/h5-8H2,1-4H3,(H,13,15);2-5,8H2,1H3. The molecule has 1 amide bonds. The fourth-order valence-corrected chi connectivity index (χ4v) is 2.94. The summed E-state index contributed by atoms with van der Waals surface area (Å²) in [7, 11) is 2.66. The molecular weight excluding hydrogens is 384 g/mol. The maximum atomic E-state index is 11.8. The Morgan fingerprint density at radius 2 is 1.31 bits per heavy atom. The molecule has 3 N–H and O–H groups in total. The van der Waals surface area contributed by atoms with Crippen LogP contribution in [-0.4, -0.2) is 75.4 Å². The molecule has 2 fully saturated rings. The third-order valence-corrected chi connectivity index (χ3v) is 4.64. The molecule has 10 nitrogen and oxygen atoms in total. The molecule has 0 unspecified atom stereocenters. The average Bonchev–Trinajstić information content (AvgIpc) is 2.66. The summed E-state index contributed by atoms with van der Waals surface area (Å²) in [6.45, 7) is 7.21. The minimum atomic E-state index is -1.03. The summed E-state index contributed by atoms with van der Waals surface area (Å²) in [5.41, 5.74) is 3.32. The second-order valence-electron chi connectivity index (χ2n) is 8.07. The number of ether oxygens (including phenoxy) is 5. The van der Waals surface area contributed by atoms with Gasteiger partial charge >= 0.3 is 18.0 Å². The van der Waals surface area contributed by atoms with Crippen LogP contribution in [0, 0.1) is 0 Å². The maximum Gasteiger partial charge on any atom is 0.408 e. The van der Waals surface area contributed by atoms with Crippen LogP contribution in [-0.2, 0) is 33.3 Å². The van der Waals surface area contributed by atoms with E-state index in [1.165, 1.54) is 14.2 Å². The van der Waals surface area contributed by atoms with Crippen LogP contribution in [0.4, 0.5) is 4.79 Å². The minimum absolute atomic E-state index is 0.333. The van der Waals surface area contributed by atoms with E-state index < -0.39 is 28.7 Å². The number of alkyl carbamates (subject to hydrolysis) is 1. The smallest absolute Gasteiger partial charge is 0.408 e. The summed E-state index contributed by atoms with van der Waals surface area (Å²) < 4.78 is 24.8. The lowest BCUT2D eigenvalue weighted by Gasteiger charge is -2.35. The van der Waals surface area contributed by atoms with Crippen LogP contribution in [0.3, 0.4) is 0 Å². The summed E-state index contributed by atoms with van der Waals surface area (Å²) in [4.78, 5) is 34.7. The first-order chi connectivity index (χ1) is 13.5. The first-order valence-corrected chi connectivity index (χ1v) is 9.60. The molecule has 2 saturated heterocycles. The molecule has 0 aromatic carbocycles. The molecule has 2 heterocycles. The van der Waals surface area contributed by atoms with Gasteiger partial charge in [-0.15, -0.1) is 0 Å². The highest BCUT2D eigenvalue weighted by molar-refractivity contribution is 5.86. The number of nitrogens with two attached hydrogens (primary N) is 1. The van der Waals surface area contributed by atoms with Gasteiger partial charge in [0.05, 0.1) is 14.2 Å². The summed E-state index contributed by atoms with van der Waals surface area (Å²) in [6, 6.07) is 0. The van der Waals surface area contributed by atoms with E-state index in [0.717, 1.165) is 0 Å². The van der Waals surface area contributed by atoms with E-state index in [4.69, 9.17) is 24.7 Å². The van der Waals surface area contributed by atoms with Gasteiger partial charge in [-0.2, -0.15) is 0 Å². The zero-order valence-electron chi connectivity index (χ0n) is 18.0. The number of esters is 2. The van der Waals surface area contributed by atoms with Gasteiger partial charge in [0.15, 0.2) is 0 Å². The summed E-state index contributed by atoms with van der Waals surface area (Å²) in [6.07, 6.45) is 1.27. The van der Waals surface area contributed by atoms with Crippen molar-refractivity contribution in [1.29, 1.82) is 0 Å². The number of nitrogens with one attached hydrogen (secondary N) is 1. The number of rotatable bonds is 3. The third kappa shape index (κ3) is 7.79. The van der Waals surface area contributed by atoms with E-state index in [9.17, 15) is 14.4 Å². The van der Waals surface area contributed by atoms with Gasteiger partial charge in [-0.25, -0.2) is 9.59 Å². The highest BCUT2D eigenvalue weighted by atomic mass is 16.6. The van der Waals surface area contributed by atoms with Crippen molar-refractivity contribution in [1.82, 2.24) is 5.32 Å². The topological polar surface area (TPSA) is 135 Å². The fraction of sp³-hybridized carbons (Fsp3) is 0.842. The summed E-state index contributed by atoms with van der Waals surface area (Å²) >= 11 is 0. The van der Waals surface area contributed by atoms with Crippen molar-refractivity contribution in [2.24, 2.45) is 5.73 Å². The fourth-order valence-electron chi connectivity index (χ4n) is 2.94. The van der Waals surface area contributed by atoms with Crippen molar-refractivity contribution in [3.05, 3.63) is 0 Å². The Labute approximate surface area is 171 Å². The van der Waals surface area contributed by atoms with Gasteiger partial charge in [0, 0.05) is 39.3 Å². The van der Waals surface area contributed by atoms with Crippen LogP contribution in [0.15, 0.2) is 0 Å². The Kier molecular flexibility index (Phi) is 9.31. The minimum Gasteiger partial charge on any atom is -0.468 e. The normalized spacial score (nSPS) is 20.3. The van der Waals surface area contributed by atoms with Gasteiger partial charge in [-0.3, -0.25) is 4.79 Å². The lowest BCUT2D eigenvalue weighted by molar-refractivity contribution is -0.153. The Bertz CT molecular complexity index is 561. The lowest BCUT2D eigenvalue weighted by Crippen LogP contribution is -2.58. The SMILES string of the molecule is COC(=O)C1(N)CCOCC1.COC(=O)C1(NC(=O)OC(C)(C)C)CCOCC1. The number of methoxy groups -OCH3 is 2. The molecule has 0 saturated carbocycles. The Balaban J connectivity index is 0.000000326. The average molecular weight is 418 g/mol. The summed E-state index contributed by atoms with van der Waals surface area (Å²) in [5.74, 6) is -0.794. The van der Waals surface area contributed by atoms with Crippen LogP contribution in [0.1, 0.15) is 46.5 Å². The molecule has 10 heteroatoms. The van der Waals surface area contributed by atoms with Crippen molar-refractivity contribution in [2.75, 3.05) is 40.6 Å². The van der Waals surface area contributed by atoms with Crippen LogP contribution in [0.25, 0.3) is 0 Å². The zero-order chi connectivity index (χ0) is 22.1. The molecule has 0 aliphatic carbocycles. The predicted molar refractivity (Wildman–Crippen MR) is 103 cm³/mol. The number of amides is 1. The van der Waals surface area contributed by atoms with Gasteiger partial charge in [0.2, 0.25) is 0 Å². The van der Waals surface area contributed by atoms with E-state index in [1.54, 1.807) is 20.8 Å². The van der Waals surface area contributed by atoms with E-state index in [0.29, 0.717) is 52.1 Å². The zero-order valence-corrected chi connectivity index (χ0v) is 18.0. The number of hydrogen-bond donors (Lipinski definition) is 2. The highest BCUT2D eigenvalue weighted by Crippen LogP contribution is 2.23. The molecule has 0 radical (unpaired) electrons. The second kappa shape index (κ2) is 10.7. The Morgan fingerprint density at radius 1 is 0.862 bits per heavy atom. The molecule has 0 aromatic rings. The molecule has 2 aliphatic rings. The molecule has 0 atom stereocenters. The summed E-state index contributed by atoms with van der Waals surface area (Å²) in [5, 5.41) is 2.62. The van der Waals surface area contributed by atoms with E-state index in [2.05, 4.69) is 10.1 Å². The molecule has 0 bridgehead atoms. The number of carbonyl (C=O) groups excluding carboxylic acids is 3. The van der Waals surface area contributed by atoms with Crippen LogP contribution in [0.5, 0.6) is 0 Å². The molecular formula is C19H34N2O8. The first-order valence-electron chi connectivity index (χ1n) is 9.60. The number of hydrogen-bond acceptors (Lipinski definition) is 9. The van der Waals surface area contributed by atoms with Crippen LogP contribution < -0.4 is 11.1 Å². The predicted octanol–water partition coefficient (Wildman–Crippen LogP) is 0.901. The number of carbonyl (C=O) groups is 3. The van der Waals surface area contributed by atoms with E-state index >= 15 is 0 Å². The maximum absolute atomic E-state index is 11.8. The van der Waals surface area contributed by atoms with Gasteiger partial charge in [-0.05, 0) is 33.6 Å². The van der Waals surface area contributed by atoms with Crippen molar-refractivity contribution in [3.63, 3.8) is 0 Å². The van der Waals surface area contributed by atoms with E-state index in [1.807, 2.05) is 0 Å². The molecule has 0 aromatic heterocycles. The van der Waals surface area contributed by atoms with Crippen molar-refractivity contribution in [2.45, 2.75) is 63.1 Å². The van der Waals surface area contributed by atoms with Gasteiger partial charge < -0.3 is 34.7 Å². The molecule has 2 rings (SSSR count). The van der Waals surface area contributed by atoms with Gasteiger partial charge in [0.1, 0.15) is 16.7 Å². The Hall–Kier alpha value is -1.91. The molecule has 29 heavy (non-hydrogen) atoms.